The van der Waals surface area contributed by atoms with Gasteiger partial charge in [0.05, 0.1) is 31.7 Å². The highest BCUT2D eigenvalue weighted by Gasteiger charge is 2.47. The number of nitrogens with one attached hydrogen (secondary N) is 1. The van der Waals surface area contributed by atoms with Crippen LogP contribution in [0, 0.1) is 5.82 Å². The predicted molar refractivity (Wildman–Crippen MR) is 88.6 cm³/mol. The quantitative estimate of drug-likeness (QED) is 0.846. The van der Waals surface area contributed by atoms with Gasteiger partial charge in [0.1, 0.15) is 5.82 Å². The molecule has 0 spiro atoms. The van der Waals surface area contributed by atoms with Crippen LogP contribution in [0.2, 0.25) is 0 Å². The van der Waals surface area contributed by atoms with E-state index in [1.54, 1.807) is 6.07 Å². The van der Waals surface area contributed by atoms with Gasteiger partial charge in [-0.15, -0.1) is 5.10 Å². The molecule has 2 heterocycles. The molecule has 0 bridgehead atoms. The molecule has 0 radical (unpaired) electrons. The highest BCUT2D eigenvalue weighted by Crippen LogP contribution is 2.33. The van der Waals surface area contributed by atoms with Crippen LogP contribution in [-0.2, 0) is 17.8 Å². The van der Waals surface area contributed by atoms with Gasteiger partial charge in [0, 0.05) is 13.5 Å². The number of halogens is 3. The zero-order valence-electron chi connectivity index (χ0n) is 14.5. The topological polar surface area (TPSA) is 80.1 Å². The highest BCUT2D eigenvalue weighted by atomic mass is 19.3. The first-order chi connectivity index (χ1) is 12.8. The Bertz CT molecular complexity index is 855. The van der Waals surface area contributed by atoms with Gasteiger partial charge in [-0.2, -0.15) is 0 Å². The lowest BCUT2D eigenvalue weighted by Gasteiger charge is -2.24. The third-order valence-corrected chi connectivity index (χ3v) is 4.39. The summed E-state index contributed by atoms with van der Waals surface area (Å²) in [5.74, 6) is -4.64. The Morgan fingerprint density at radius 2 is 2.07 bits per heavy atom. The lowest BCUT2D eigenvalue weighted by atomic mass is 10.1. The zero-order valence-corrected chi connectivity index (χ0v) is 14.5. The fourth-order valence-corrected chi connectivity index (χ4v) is 3.09. The number of nitrogens with zero attached hydrogens (tertiary/aromatic N) is 4. The second-order valence-electron chi connectivity index (χ2n) is 6.41. The molecule has 1 aliphatic rings. The first kappa shape index (κ1) is 18.9. The Kier molecular flexibility index (Phi) is 5.15. The van der Waals surface area contributed by atoms with Crippen LogP contribution in [0.4, 0.5) is 13.2 Å². The molecule has 3 rings (SSSR count). The van der Waals surface area contributed by atoms with Gasteiger partial charge in [-0.3, -0.25) is 9.59 Å². The number of likely N-dealkylation sites (tertiary alicyclic amines) is 1. The van der Waals surface area contributed by atoms with Gasteiger partial charge in [0.25, 0.3) is 11.8 Å². The Morgan fingerprint density at radius 1 is 1.33 bits per heavy atom. The molecular formula is C17H18F3N5O2. The van der Waals surface area contributed by atoms with Crippen molar-refractivity contribution in [3.63, 3.8) is 0 Å². The summed E-state index contributed by atoms with van der Waals surface area (Å²) in [6.07, 6.45) is 0.486. The number of hydrogen-bond acceptors (Lipinski definition) is 4. The minimum atomic E-state index is -3.04. The van der Waals surface area contributed by atoms with Crippen molar-refractivity contribution in [2.75, 3.05) is 13.6 Å². The summed E-state index contributed by atoms with van der Waals surface area (Å²) in [4.78, 5) is 25.1. The van der Waals surface area contributed by atoms with E-state index in [4.69, 9.17) is 0 Å². The van der Waals surface area contributed by atoms with E-state index in [0.29, 0.717) is 0 Å². The number of carbonyl (C=O) groups excluding carboxylic acids is 2. The summed E-state index contributed by atoms with van der Waals surface area (Å²) in [5, 5.41) is 9.81. The Morgan fingerprint density at radius 3 is 2.78 bits per heavy atom. The average Bonchev–Trinajstić information content (AvgIpc) is 3.20. The van der Waals surface area contributed by atoms with E-state index in [1.165, 1.54) is 36.1 Å². The molecule has 144 valence electrons. The summed E-state index contributed by atoms with van der Waals surface area (Å²) in [6.45, 7) is -0.773. The van der Waals surface area contributed by atoms with Crippen molar-refractivity contribution in [3.05, 3.63) is 47.5 Å². The number of alkyl halides is 2. The van der Waals surface area contributed by atoms with E-state index in [0.717, 1.165) is 4.90 Å². The van der Waals surface area contributed by atoms with Crippen molar-refractivity contribution in [2.24, 2.45) is 0 Å². The molecule has 1 aromatic carbocycles. The van der Waals surface area contributed by atoms with Crippen molar-refractivity contribution < 1.29 is 22.8 Å². The van der Waals surface area contributed by atoms with Crippen molar-refractivity contribution >= 4 is 11.8 Å². The van der Waals surface area contributed by atoms with Gasteiger partial charge in [0.15, 0.2) is 5.69 Å². The summed E-state index contributed by atoms with van der Waals surface area (Å²) >= 11 is 0. The molecule has 1 aromatic heterocycles. The van der Waals surface area contributed by atoms with Gasteiger partial charge in [-0.05, 0) is 11.6 Å². The summed E-state index contributed by atoms with van der Waals surface area (Å²) in [7, 11) is 1.43. The third-order valence-electron chi connectivity index (χ3n) is 4.39. The Labute approximate surface area is 153 Å². The molecule has 7 nitrogen and oxygen atoms in total. The lowest BCUT2D eigenvalue weighted by molar-refractivity contribution is -0.132. The maximum absolute atomic E-state index is 13.9. The van der Waals surface area contributed by atoms with E-state index in [9.17, 15) is 22.8 Å². The van der Waals surface area contributed by atoms with Gasteiger partial charge in [-0.25, -0.2) is 17.9 Å². The summed E-state index contributed by atoms with van der Waals surface area (Å²) in [6, 6.07) is 4.90. The number of carbonyl (C=O) groups is 2. The lowest BCUT2D eigenvalue weighted by Crippen LogP contribution is -2.39. The van der Waals surface area contributed by atoms with Crippen LogP contribution in [0.15, 0.2) is 30.5 Å². The Balaban J connectivity index is 1.74. The molecule has 10 heteroatoms. The molecule has 2 amide bonds. The van der Waals surface area contributed by atoms with Gasteiger partial charge in [-0.1, -0.05) is 23.4 Å². The van der Waals surface area contributed by atoms with Crippen LogP contribution in [0.5, 0.6) is 0 Å². The van der Waals surface area contributed by atoms with Gasteiger partial charge < -0.3 is 10.2 Å². The summed E-state index contributed by atoms with van der Waals surface area (Å²) < 4.78 is 42.9. The molecule has 27 heavy (non-hydrogen) atoms. The minimum Gasteiger partial charge on any atom is -0.354 e. The van der Waals surface area contributed by atoms with Crippen molar-refractivity contribution in [1.82, 2.24) is 25.2 Å². The second kappa shape index (κ2) is 7.37. The minimum absolute atomic E-state index is 0.0391. The maximum atomic E-state index is 13.9. The predicted octanol–water partition coefficient (Wildman–Crippen LogP) is 1.26. The molecule has 1 unspecified atom stereocenters. The zero-order chi connectivity index (χ0) is 19.6. The first-order valence-electron chi connectivity index (χ1n) is 8.32. The van der Waals surface area contributed by atoms with Gasteiger partial charge >= 0.3 is 0 Å². The fraction of sp³-hybridized carbons (Fsp3) is 0.412. The average molecular weight is 381 g/mol. The molecule has 2 aromatic rings. The van der Waals surface area contributed by atoms with Crippen LogP contribution in [0.25, 0.3) is 0 Å². The number of rotatable bonds is 5. The standard InChI is InChI=1S/C17H18F3N5O2/c1-21-16(27)14-9-24(23-22-14)8-12-7-17(19,20)10-25(12)15(26)6-11-4-2-3-5-13(11)18/h2-5,9,12H,6-8,10H2,1H3,(H,21,27). The van der Waals surface area contributed by atoms with Gasteiger partial charge in [0.2, 0.25) is 5.91 Å². The molecule has 0 saturated carbocycles. The normalized spacial score (nSPS) is 18.5. The van der Waals surface area contributed by atoms with Crippen LogP contribution < -0.4 is 5.32 Å². The highest BCUT2D eigenvalue weighted by molar-refractivity contribution is 5.91. The smallest absolute Gasteiger partial charge is 0.273 e. The number of aromatic nitrogens is 3. The molecule has 1 saturated heterocycles. The molecule has 1 fully saturated rings. The van der Waals surface area contributed by atoms with Crippen molar-refractivity contribution in [3.8, 4) is 0 Å². The fourth-order valence-electron chi connectivity index (χ4n) is 3.09. The van der Waals surface area contributed by atoms with Crippen LogP contribution in [0.3, 0.4) is 0 Å². The molecule has 1 aliphatic heterocycles. The summed E-state index contributed by atoms with van der Waals surface area (Å²) in [5.41, 5.74) is 0.200. The number of benzene rings is 1. The molecular weight excluding hydrogens is 363 g/mol. The van der Waals surface area contributed by atoms with Crippen LogP contribution in [0.1, 0.15) is 22.5 Å². The Hall–Kier alpha value is -2.91. The molecule has 1 N–H and O–H groups in total. The van der Waals surface area contributed by atoms with Crippen molar-refractivity contribution in [2.45, 2.75) is 31.4 Å². The third kappa shape index (κ3) is 4.26. The van der Waals surface area contributed by atoms with Crippen LogP contribution >= 0.6 is 0 Å². The first-order valence-corrected chi connectivity index (χ1v) is 8.32. The second-order valence-corrected chi connectivity index (χ2v) is 6.41. The van der Waals surface area contributed by atoms with E-state index < -0.39 is 42.6 Å². The monoisotopic (exact) mass is 381 g/mol. The number of hydrogen-bond donors (Lipinski definition) is 1. The largest absolute Gasteiger partial charge is 0.354 e. The van der Waals surface area contributed by atoms with E-state index in [-0.39, 0.29) is 24.2 Å². The van der Waals surface area contributed by atoms with E-state index in [2.05, 4.69) is 15.6 Å². The van der Waals surface area contributed by atoms with E-state index in [1.807, 2.05) is 0 Å². The maximum Gasteiger partial charge on any atom is 0.273 e. The molecule has 1 atom stereocenters. The van der Waals surface area contributed by atoms with Crippen LogP contribution in [-0.4, -0.2) is 57.3 Å². The SMILES string of the molecule is CNC(=O)c1cn(CC2CC(F)(F)CN2C(=O)Cc2ccccc2F)nn1. The molecule has 0 aliphatic carbocycles. The van der Waals surface area contributed by atoms with E-state index >= 15 is 0 Å². The van der Waals surface area contributed by atoms with Crippen molar-refractivity contribution in [1.29, 1.82) is 0 Å². The number of amides is 2.